The number of rotatable bonds is 6. The van der Waals surface area contributed by atoms with Gasteiger partial charge in [0.05, 0.1) is 16.7 Å². The summed E-state index contributed by atoms with van der Waals surface area (Å²) in [4.78, 5) is 0. The zero-order valence-electron chi connectivity index (χ0n) is 73.9. The van der Waals surface area contributed by atoms with Gasteiger partial charge >= 0.3 is 0 Å². The molecule has 0 bridgehead atoms. The minimum Gasteiger partial charge on any atom is -0.308 e. The van der Waals surface area contributed by atoms with E-state index in [0.717, 1.165) is 0 Å². The summed E-state index contributed by atoms with van der Waals surface area (Å²) in [6, 6.07) is 149. The van der Waals surface area contributed by atoms with Gasteiger partial charge in [-0.15, -0.1) is 0 Å². The van der Waals surface area contributed by atoms with Gasteiger partial charge in [-0.2, -0.15) is 0 Å². The zero-order valence-corrected chi connectivity index (χ0v) is 73.9. The largest absolute Gasteiger partial charge is 0.308 e. The maximum absolute atomic E-state index is 2.55. The molecule has 1 nitrogen and oxygen atoms in total. The first-order valence-corrected chi connectivity index (χ1v) is 47.3. The number of hydrogen-bond acceptors (Lipinski definition) is 0. The molecular formula is C133H83N. The molecule has 20 aromatic rings. The molecule has 134 heavy (non-hydrogen) atoms. The lowest BCUT2D eigenvalue weighted by Crippen LogP contribution is -2.29. The molecule has 620 valence electrons. The van der Waals surface area contributed by atoms with E-state index >= 15 is 0 Å². The topological polar surface area (TPSA) is 4.93 Å². The Hall–Kier alpha value is -16.8. The molecule has 0 N–H and O–H groups in total. The third kappa shape index (κ3) is 10.5. The molecule has 0 fully saturated rings. The second-order valence-corrected chi connectivity index (χ2v) is 38.0. The summed E-state index contributed by atoms with van der Waals surface area (Å²) in [5, 5.41) is 18.1. The van der Waals surface area contributed by atoms with Gasteiger partial charge in [0, 0.05) is 44.7 Å². The Bertz CT molecular complexity index is 9220. The van der Waals surface area contributed by atoms with Gasteiger partial charge in [0.25, 0.3) is 0 Å². The summed E-state index contributed by atoms with van der Waals surface area (Å²) in [7, 11) is 0. The van der Waals surface area contributed by atoms with Gasteiger partial charge in [0.2, 0.25) is 0 Å². The van der Waals surface area contributed by atoms with Crippen molar-refractivity contribution in [2.75, 3.05) is 0 Å². The normalized spacial score (nSPS) is 16.9. The van der Waals surface area contributed by atoms with E-state index in [1.54, 1.807) is 0 Å². The molecule has 0 saturated carbocycles. The van der Waals surface area contributed by atoms with Crippen LogP contribution in [0.1, 0.15) is 114 Å². The number of allylic oxidation sites excluding steroid dienone is 21. The predicted octanol–water partition coefficient (Wildman–Crippen LogP) is 33.6. The zero-order chi connectivity index (χ0) is 87.9. The molecule has 0 saturated heterocycles. The van der Waals surface area contributed by atoms with Crippen LogP contribution in [0.25, 0.3) is 165 Å². The molecule has 1 heteroatoms. The smallest absolute Gasteiger partial charge is 0.0632 e. The number of nitrogens with zero attached hydrogens (tertiary/aromatic N) is 1. The van der Waals surface area contributed by atoms with Crippen LogP contribution in [0.3, 0.4) is 0 Å². The van der Waals surface area contributed by atoms with Gasteiger partial charge in [-0.25, -0.2) is 0 Å². The first kappa shape index (κ1) is 75.0. The fourth-order valence-electron chi connectivity index (χ4n) is 25.5. The fraction of sp³-hybridized carbons (Fsp3) is 0.0376. The summed E-state index contributed by atoms with van der Waals surface area (Å²) in [5.41, 5.74) is 52.4. The van der Waals surface area contributed by atoms with Crippen molar-refractivity contribution in [1.29, 1.82) is 0 Å². The lowest BCUT2D eigenvalue weighted by molar-refractivity contribution is 0.562. The van der Waals surface area contributed by atoms with Gasteiger partial charge in [-0.3, -0.25) is 0 Å². The molecule has 11 aliphatic rings. The van der Waals surface area contributed by atoms with Crippen LogP contribution >= 0.6 is 0 Å². The molecule has 0 spiro atoms. The van der Waals surface area contributed by atoms with Crippen LogP contribution in [0.2, 0.25) is 0 Å². The Morgan fingerprint density at radius 1 is 0.209 bits per heavy atom. The first-order valence-electron chi connectivity index (χ1n) is 47.3. The second kappa shape index (κ2) is 28.6. The maximum atomic E-state index is 2.55. The van der Waals surface area contributed by atoms with E-state index in [1.807, 2.05) is 0 Å². The van der Waals surface area contributed by atoms with Crippen LogP contribution in [-0.2, 0) is 5.41 Å². The van der Waals surface area contributed by atoms with Crippen LogP contribution in [0.4, 0.5) is 0 Å². The van der Waals surface area contributed by atoms with Crippen LogP contribution in [0.5, 0.6) is 0 Å². The quantitative estimate of drug-likeness (QED) is 0.156. The van der Waals surface area contributed by atoms with Crippen molar-refractivity contribution in [2.24, 2.45) is 11.8 Å². The molecule has 2 unspecified atom stereocenters. The Morgan fingerprint density at radius 3 is 0.985 bits per heavy atom. The molecule has 19 aromatic carbocycles. The Kier molecular flexibility index (Phi) is 16.0. The van der Waals surface area contributed by atoms with Gasteiger partial charge in [0.1, 0.15) is 0 Å². The lowest BCUT2D eigenvalue weighted by Gasteiger charge is -2.40. The average Bonchev–Trinajstić information content (AvgIpc) is 1.52. The van der Waals surface area contributed by atoms with Crippen molar-refractivity contribution in [3.05, 3.63) is 583 Å². The summed E-state index contributed by atoms with van der Waals surface area (Å²) in [5.74, 6) is 0.700. The highest BCUT2D eigenvalue weighted by molar-refractivity contribution is 6.42. The Balaban J connectivity index is 0.0000000980. The van der Waals surface area contributed by atoms with E-state index in [0.29, 0.717) is 11.8 Å². The minimum absolute atomic E-state index is 0.0645. The number of benzene rings is 19. The summed E-state index contributed by atoms with van der Waals surface area (Å²) < 4.78 is 2.55. The van der Waals surface area contributed by atoms with Gasteiger partial charge in [0.15, 0.2) is 0 Å². The monoisotopic (exact) mass is 1690 g/mol. The maximum Gasteiger partial charge on any atom is 0.0632 e. The van der Waals surface area contributed by atoms with E-state index in [9.17, 15) is 0 Å². The number of hydrogen-bond donors (Lipinski definition) is 0. The average molecular weight is 1700 g/mol. The molecule has 0 radical (unpaired) electrons. The van der Waals surface area contributed by atoms with Gasteiger partial charge in [-0.1, -0.05) is 451 Å². The molecule has 11 aliphatic carbocycles. The van der Waals surface area contributed by atoms with E-state index in [1.165, 1.54) is 293 Å². The van der Waals surface area contributed by atoms with Crippen molar-refractivity contribution >= 4 is 153 Å². The Labute approximate surface area is 777 Å². The van der Waals surface area contributed by atoms with Crippen LogP contribution in [0.15, 0.2) is 483 Å². The standard InChI is InChI=1S/C46H28.C45H30.C42H25N/c1-2-11-29(12-3-1)41-42-33-15-6-4-9-27(33)19-25-37(42)46-44(43-34-16-7-5-10-28(34)20-26-38(43)45(41)46)36-24-22-32-18-17-30-13-8-14-31-21-23-35(36)40(32)39(30)31;1-45(2)37-19-11-10-18-33(37)34-23-22-30(26-38(34)45)40-42-32-17-9-7-13-28(32)21-25-36(42)43-39(29-14-4-3-5-15-29)41-31-16-8-6-12-27(31)20-24-35(41)44(40)43;1-2-14-28(15-3-1)37-38-29-16-6-4-12-26(29)22-24-33(38)41-40(37)34-25-23-27-13-5-7-17-30(27)39(34)42(41)43-35-20-10-8-18-31(35)32-19-9-11-21-36(32)43/h1-26,39-40H;3-26H,1-2H3;1-25H. The van der Waals surface area contributed by atoms with Crippen LogP contribution in [0, 0.1) is 11.8 Å². The van der Waals surface area contributed by atoms with E-state index in [2.05, 4.69) is 473 Å². The van der Waals surface area contributed by atoms with Crippen molar-refractivity contribution < 1.29 is 0 Å². The predicted molar refractivity (Wildman–Crippen MR) is 565 cm³/mol. The molecule has 1 aromatic heterocycles. The molecular weight excluding hydrogens is 1610 g/mol. The summed E-state index contributed by atoms with van der Waals surface area (Å²) >= 11 is 0. The van der Waals surface area contributed by atoms with Crippen LogP contribution in [-0.4, -0.2) is 4.57 Å². The van der Waals surface area contributed by atoms with Gasteiger partial charge in [-0.05, 0) is 267 Å². The van der Waals surface area contributed by atoms with E-state index in [4.69, 9.17) is 0 Å². The van der Waals surface area contributed by atoms with E-state index < -0.39 is 0 Å². The molecule has 0 amide bonds. The Morgan fingerprint density at radius 2 is 0.530 bits per heavy atom. The lowest BCUT2D eigenvalue weighted by atomic mass is 9.63. The van der Waals surface area contributed by atoms with Crippen molar-refractivity contribution in [3.8, 4) is 11.1 Å². The van der Waals surface area contributed by atoms with Crippen LogP contribution < -0.4 is 0 Å². The number of fused-ring (bicyclic) bond motifs is 33. The molecule has 0 aliphatic heterocycles. The SMILES string of the molecule is C1=CC2=CC=C3C=CC(C4=C5C(=C(c6ccccc6)c6c5ccc5ccccc65)c5ccc6ccccc6c54)=C4C=CC(=C1)C2C34.CC1(C)c2ccccc2-c2ccc(C3=C4C(=C(c5ccccc5)c5c4ccc4ccccc54)c4ccc5ccccc5c43)cc21.c1ccc(C2=C3C(=C(n4c5ccccc5c5ccccc54)c4c3ccc3ccccc43)c3ccc4ccccc4c32)cc1. The third-order valence-electron chi connectivity index (χ3n) is 31.0. The number of para-hydroxylation sites is 2. The summed E-state index contributed by atoms with van der Waals surface area (Å²) in [6.45, 7) is 4.76. The molecule has 2 atom stereocenters. The highest BCUT2D eigenvalue weighted by Crippen LogP contribution is 2.67. The minimum atomic E-state index is -0.0645. The van der Waals surface area contributed by atoms with Crippen molar-refractivity contribution in [1.82, 2.24) is 4.57 Å². The molecule has 31 rings (SSSR count). The van der Waals surface area contributed by atoms with Gasteiger partial charge < -0.3 is 4.57 Å². The highest BCUT2D eigenvalue weighted by atomic mass is 15.0. The van der Waals surface area contributed by atoms with E-state index in [-0.39, 0.29) is 5.41 Å². The van der Waals surface area contributed by atoms with Crippen molar-refractivity contribution in [3.63, 3.8) is 0 Å². The highest BCUT2D eigenvalue weighted by Gasteiger charge is 2.47. The van der Waals surface area contributed by atoms with Crippen molar-refractivity contribution in [2.45, 2.75) is 19.3 Å². The first-order chi connectivity index (χ1) is 66.3. The second-order valence-electron chi connectivity index (χ2n) is 38.0. The summed E-state index contributed by atoms with van der Waals surface area (Å²) in [6.07, 6.45) is 21.1. The third-order valence-corrected chi connectivity index (χ3v) is 31.0. The number of aromatic nitrogens is 1. The molecule has 1 heterocycles. The fourth-order valence-corrected chi connectivity index (χ4v) is 25.5.